The Bertz CT molecular complexity index is 570. The number of hydrazone groups is 1. The minimum absolute atomic E-state index is 0.318. The lowest BCUT2D eigenvalue weighted by atomic mass is 10.3. The number of nitrogens with zero attached hydrogens (tertiary/aromatic N) is 2. The second-order valence-corrected chi connectivity index (χ2v) is 4.06. The van der Waals surface area contributed by atoms with E-state index in [2.05, 4.69) is 15.5 Å². The van der Waals surface area contributed by atoms with Crippen LogP contribution in [-0.2, 0) is 4.79 Å². The van der Waals surface area contributed by atoms with E-state index in [-0.39, 0.29) is 5.91 Å². The minimum Gasteiger partial charge on any atom is -0.481 e. The molecule has 0 aliphatic heterocycles. The summed E-state index contributed by atoms with van der Waals surface area (Å²) in [5.74, 6) is 0.324. The standard InChI is InChI=1S/C15H15N3O2/c1-12(20-14-8-3-2-4-9-14)15(19)18-17-11-13-7-5-6-10-16-13/h2-12H,1H3,(H,18,19). The Morgan fingerprint density at radius 3 is 2.70 bits per heavy atom. The topological polar surface area (TPSA) is 63.6 Å². The van der Waals surface area contributed by atoms with Crippen molar-refractivity contribution in [3.8, 4) is 5.75 Å². The molecule has 102 valence electrons. The Morgan fingerprint density at radius 2 is 2.00 bits per heavy atom. The molecule has 1 amide bonds. The molecule has 0 fully saturated rings. The van der Waals surface area contributed by atoms with E-state index in [0.717, 1.165) is 0 Å². The third kappa shape index (κ3) is 4.20. The van der Waals surface area contributed by atoms with Gasteiger partial charge in [0.05, 0.1) is 11.9 Å². The molecule has 0 saturated heterocycles. The van der Waals surface area contributed by atoms with Gasteiger partial charge in [-0.15, -0.1) is 0 Å². The number of aromatic nitrogens is 1. The van der Waals surface area contributed by atoms with E-state index in [9.17, 15) is 4.79 Å². The molecule has 0 aliphatic carbocycles. The molecule has 0 radical (unpaired) electrons. The predicted molar refractivity (Wildman–Crippen MR) is 76.5 cm³/mol. The Labute approximate surface area is 117 Å². The highest BCUT2D eigenvalue weighted by atomic mass is 16.5. The Morgan fingerprint density at radius 1 is 1.25 bits per heavy atom. The lowest BCUT2D eigenvalue weighted by molar-refractivity contribution is -0.127. The molecule has 2 rings (SSSR count). The smallest absolute Gasteiger partial charge is 0.280 e. The molecule has 20 heavy (non-hydrogen) atoms. The highest BCUT2D eigenvalue weighted by molar-refractivity contribution is 5.83. The molecule has 0 aliphatic rings. The van der Waals surface area contributed by atoms with Gasteiger partial charge in [0, 0.05) is 6.20 Å². The third-order valence-corrected chi connectivity index (χ3v) is 2.48. The Hall–Kier alpha value is -2.69. The summed E-state index contributed by atoms with van der Waals surface area (Å²) in [6.45, 7) is 1.67. The number of carbonyl (C=O) groups excluding carboxylic acids is 1. The van der Waals surface area contributed by atoms with E-state index < -0.39 is 6.10 Å². The molecular formula is C15H15N3O2. The third-order valence-electron chi connectivity index (χ3n) is 2.48. The lowest BCUT2D eigenvalue weighted by Gasteiger charge is -2.12. The van der Waals surface area contributed by atoms with Gasteiger partial charge in [0.15, 0.2) is 6.10 Å². The first-order chi connectivity index (χ1) is 9.75. The fourth-order valence-corrected chi connectivity index (χ4v) is 1.46. The second-order valence-electron chi connectivity index (χ2n) is 4.06. The van der Waals surface area contributed by atoms with E-state index in [4.69, 9.17) is 4.74 Å². The molecular weight excluding hydrogens is 254 g/mol. The van der Waals surface area contributed by atoms with E-state index >= 15 is 0 Å². The van der Waals surface area contributed by atoms with Gasteiger partial charge in [-0.05, 0) is 31.2 Å². The van der Waals surface area contributed by atoms with Crippen molar-refractivity contribution in [3.05, 3.63) is 60.4 Å². The van der Waals surface area contributed by atoms with Gasteiger partial charge in [-0.25, -0.2) is 5.43 Å². The molecule has 1 heterocycles. The van der Waals surface area contributed by atoms with Crippen LogP contribution in [0.25, 0.3) is 0 Å². The normalized spacial score (nSPS) is 12.1. The molecule has 1 N–H and O–H groups in total. The van der Waals surface area contributed by atoms with E-state index in [1.807, 2.05) is 30.3 Å². The summed E-state index contributed by atoms with van der Waals surface area (Å²) in [4.78, 5) is 15.8. The van der Waals surface area contributed by atoms with Gasteiger partial charge in [-0.1, -0.05) is 24.3 Å². The van der Waals surface area contributed by atoms with Gasteiger partial charge in [0.1, 0.15) is 5.75 Å². The van der Waals surface area contributed by atoms with Crippen LogP contribution in [0.3, 0.4) is 0 Å². The number of benzene rings is 1. The van der Waals surface area contributed by atoms with Crippen LogP contribution in [0, 0.1) is 0 Å². The van der Waals surface area contributed by atoms with E-state index in [1.54, 1.807) is 31.3 Å². The van der Waals surface area contributed by atoms with Gasteiger partial charge < -0.3 is 4.74 Å². The van der Waals surface area contributed by atoms with Crippen molar-refractivity contribution in [1.29, 1.82) is 0 Å². The highest BCUT2D eigenvalue weighted by Crippen LogP contribution is 2.10. The number of ether oxygens (including phenoxy) is 1. The molecule has 1 unspecified atom stereocenters. The number of para-hydroxylation sites is 1. The largest absolute Gasteiger partial charge is 0.481 e. The zero-order valence-corrected chi connectivity index (χ0v) is 11.1. The van der Waals surface area contributed by atoms with E-state index in [0.29, 0.717) is 11.4 Å². The number of hydrogen-bond donors (Lipinski definition) is 1. The highest BCUT2D eigenvalue weighted by Gasteiger charge is 2.13. The van der Waals surface area contributed by atoms with Crippen molar-refractivity contribution in [2.24, 2.45) is 5.10 Å². The fraction of sp³-hybridized carbons (Fsp3) is 0.133. The molecule has 0 spiro atoms. The maximum absolute atomic E-state index is 11.8. The molecule has 5 nitrogen and oxygen atoms in total. The minimum atomic E-state index is -0.627. The zero-order chi connectivity index (χ0) is 14.2. The maximum atomic E-state index is 11.8. The fourth-order valence-electron chi connectivity index (χ4n) is 1.46. The van der Waals surface area contributed by atoms with Gasteiger partial charge >= 0.3 is 0 Å². The summed E-state index contributed by atoms with van der Waals surface area (Å²) in [6, 6.07) is 14.6. The molecule has 0 bridgehead atoms. The number of nitrogens with one attached hydrogen (secondary N) is 1. The van der Waals surface area contributed by atoms with E-state index in [1.165, 1.54) is 6.21 Å². The molecule has 1 aromatic carbocycles. The van der Waals surface area contributed by atoms with Crippen molar-refractivity contribution < 1.29 is 9.53 Å². The van der Waals surface area contributed by atoms with Crippen LogP contribution in [0.2, 0.25) is 0 Å². The van der Waals surface area contributed by atoms with Crippen LogP contribution < -0.4 is 10.2 Å². The second kappa shape index (κ2) is 7.04. The summed E-state index contributed by atoms with van der Waals surface area (Å²) in [5.41, 5.74) is 3.09. The molecule has 0 saturated carbocycles. The van der Waals surface area contributed by atoms with Crippen LogP contribution in [0.5, 0.6) is 5.75 Å². The lowest BCUT2D eigenvalue weighted by Crippen LogP contribution is -2.33. The predicted octanol–water partition coefficient (Wildman–Crippen LogP) is 2.00. The first-order valence-electron chi connectivity index (χ1n) is 6.21. The first-order valence-corrected chi connectivity index (χ1v) is 6.21. The van der Waals surface area contributed by atoms with Crippen LogP contribution in [0.1, 0.15) is 12.6 Å². The molecule has 1 atom stereocenters. The van der Waals surface area contributed by atoms with Gasteiger partial charge in [-0.2, -0.15) is 5.10 Å². The first kappa shape index (κ1) is 13.7. The number of amides is 1. The molecule has 1 aromatic heterocycles. The average molecular weight is 269 g/mol. The summed E-state index contributed by atoms with van der Waals surface area (Å²) in [5, 5.41) is 3.84. The van der Waals surface area contributed by atoms with Crippen molar-refractivity contribution in [1.82, 2.24) is 10.4 Å². The van der Waals surface area contributed by atoms with Crippen molar-refractivity contribution in [2.75, 3.05) is 0 Å². The number of rotatable bonds is 5. The Kier molecular flexibility index (Phi) is 4.83. The summed E-state index contributed by atoms with van der Waals surface area (Å²) in [6.07, 6.45) is 2.51. The average Bonchev–Trinajstić information content (AvgIpc) is 2.49. The van der Waals surface area contributed by atoms with Gasteiger partial charge in [0.25, 0.3) is 5.91 Å². The summed E-state index contributed by atoms with van der Waals surface area (Å²) in [7, 11) is 0. The van der Waals surface area contributed by atoms with Crippen LogP contribution in [0.15, 0.2) is 59.8 Å². The zero-order valence-electron chi connectivity index (χ0n) is 11.1. The van der Waals surface area contributed by atoms with Crippen molar-refractivity contribution in [2.45, 2.75) is 13.0 Å². The van der Waals surface area contributed by atoms with Crippen molar-refractivity contribution >= 4 is 12.1 Å². The van der Waals surface area contributed by atoms with Crippen LogP contribution in [-0.4, -0.2) is 23.2 Å². The number of pyridine rings is 1. The molecule has 2 aromatic rings. The molecule has 5 heteroatoms. The summed E-state index contributed by atoms with van der Waals surface area (Å²) >= 11 is 0. The summed E-state index contributed by atoms with van der Waals surface area (Å²) < 4.78 is 5.48. The van der Waals surface area contributed by atoms with Gasteiger partial charge in [0.2, 0.25) is 0 Å². The number of hydrogen-bond acceptors (Lipinski definition) is 4. The quantitative estimate of drug-likeness (QED) is 0.667. The number of carbonyl (C=O) groups is 1. The monoisotopic (exact) mass is 269 g/mol. The SMILES string of the molecule is CC(Oc1ccccc1)C(=O)NN=Cc1ccccn1. The van der Waals surface area contributed by atoms with Gasteiger partial charge in [-0.3, -0.25) is 9.78 Å². The van der Waals surface area contributed by atoms with Crippen LogP contribution in [0.4, 0.5) is 0 Å². The Balaban J connectivity index is 1.84. The van der Waals surface area contributed by atoms with Crippen LogP contribution >= 0.6 is 0 Å². The van der Waals surface area contributed by atoms with Crippen molar-refractivity contribution in [3.63, 3.8) is 0 Å². The maximum Gasteiger partial charge on any atom is 0.280 e.